The lowest BCUT2D eigenvalue weighted by molar-refractivity contribution is 0.101. The van der Waals surface area contributed by atoms with E-state index in [1.165, 1.54) is 7.11 Å². The zero-order valence-corrected chi connectivity index (χ0v) is 16.4. The summed E-state index contributed by atoms with van der Waals surface area (Å²) in [7, 11) is 1.52. The standard InChI is InChI=1S/C25H20N2O3/c1-30-23-15-5-4-13-22(23)25(29)27-19-11-7-10-18(16-19)26-24(28)21-14-6-9-17-8-2-3-12-20(17)21/h2-16H,1H3,(H,26,28)(H,27,29). The molecule has 0 aliphatic carbocycles. The van der Waals surface area contributed by atoms with Gasteiger partial charge in [-0.2, -0.15) is 0 Å². The first kappa shape index (κ1) is 19.2. The van der Waals surface area contributed by atoms with Crippen LogP contribution in [-0.2, 0) is 0 Å². The van der Waals surface area contributed by atoms with Crippen LogP contribution in [0.5, 0.6) is 5.75 Å². The highest BCUT2D eigenvalue weighted by atomic mass is 16.5. The molecule has 2 N–H and O–H groups in total. The van der Waals surface area contributed by atoms with Crippen LogP contribution in [0.15, 0.2) is 91.0 Å². The van der Waals surface area contributed by atoms with Crippen LogP contribution in [0, 0.1) is 0 Å². The average molecular weight is 396 g/mol. The van der Waals surface area contributed by atoms with Crippen molar-refractivity contribution in [1.82, 2.24) is 0 Å². The Hall–Kier alpha value is -4.12. The smallest absolute Gasteiger partial charge is 0.259 e. The quantitative estimate of drug-likeness (QED) is 0.478. The number of ether oxygens (including phenoxy) is 1. The maximum absolute atomic E-state index is 12.9. The lowest BCUT2D eigenvalue weighted by Gasteiger charge is -2.11. The number of rotatable bonds is 5. The van der Waals surface area contributed by atoms with Gasteiger partial charge in [-0.15, -0.1) is 0 Å². The van der Waals surface area contributed by atoms with E-state index >= 15 is 0 Å². The zero-order chi connectivity index (χ0) is 20.9. The Kier molecular flexibility index (Phi) is 5.44. The molecule has 0 aliphatic heterocycles. The number of anilines is 2. The number of carbonyl (C=O) groups is 2. The maximum atomic E-state index is 12.9. The molecule has 4 aromatic carbocycles. The summed E-state index contributed by atoms with van der Waals surface area (Å²) >= 11 is 0. The third kappa shape index (κ3) is 4.00. The lowest BCUT2D eigenvalue weighted by atomic mass is 10.0. The molecule has 0 bridgehead atoms. The molecule has 0 saturated carbocycles. The topological polar surface area (TPSA) is 67.4 Å². The number of benzene rings is 4. The maximum Gasteiger partial charge on any atom is 0.259 e. The van der Waals surface area contributed by atoms with E-state index in [0.717, 1.165) is 10.8 Å². The van der Waals surface area contributed by atoms with Gasteiger partial charge in [-0.1, -0.05) is 54.6 Å². The first-order chi connectivity index (χ1) is 14.7. The van der Waals surface area contributed by atoms with Crippen molar-refractivity contribution in [2.75, 3.05) is 17.7 Å². The van der Waals surface area contributed by atoms with Crippen molar-refractivity contribution in [3.63, 3.8) is 0 Å². The fraction of sp³-hybridized carbons (Fsp3) is 0.0400. The molecule has 2 amide bonds. The van der Waals surface area contributed by atoms with Crippen LogP contribution in [-0.4, -0.2) is 18.9 Å². The van der Waals surface area contributed by atoms with E-state index in [-0.39, 0.29) is 11.8 Å². The second kappa shape index (κ2) is 8.49. The Bertz CT molecular complexity index is 1230. The van der Waals surface area contributed by atoms with Crippen molar-refractivity contribution < 1.29 is 14.3 Å². The molecule has 0 heterocycles. The van der Waals surface area contributed by atoms with E-state index < -0.39 is 0 Å². The summed E-state index contributed by atoms with van der Waals surface area (Å²) in [5.41, 5.74) is 2.19. The van der Waals surface area contributed by atoms with Gasteiger partial charge in [0.05, 0.1) is 12.7 Å². The van der Waals surface area contributed by atoms with Gasteiger partial charge in [0.2, 0.25) is 0 Å². The van der Waals surface area contributed by atoms with E-state index in [4.69, 9.17) is 4.74 Å². The molecular formula is C25H20N2O3. The van der Waals surface area contributed by atoms with Crippen molar-refractivity contribution in [2.45, 2.75) is 0 Å². The monoisotopic (exact) mass is 396 g/mol. The third-order valence-electron chi connectivity index (χ3n) is 4.76. The fourth-order valence-electron chi connectivity index (χ4n) is 3.33. The molecule has 5 heteroatoms. The number of nitrogens with one attached hydrogen (secondary N) is 2. The molecule has 0 aliphatic rings. The number of carbonyl (C=O) groups excluding carboxylic acids is 2. The van der Waals surface area contributed by atoms with Crippen LogP contribution in [0.2, 0.25) is 0 Å². The Labute approximate surface area is 174 Å². The molecule has 148 valence electrons. The Morgan fingerprint density at radius 2 is 1.23 bits per heavy atom. The normalized spacial score (nSPS) is 10.4. The van der Waals surface area contributed by atoms with Gasteiger partial charge in [0.25, 0.3) is 11.8 Å². The lowest BCUT2D eigenvalue weighted by Crippen LogP contribution is -2.14. The number of para-hydroxylation sites is 1. The molecule has 5 nitrogen and oxygen atoms in total. The predicted molar refractivity (Wildman–Crippen MR) is 119 cm³/mol. The van der Waals surface area contributed by atoms with Gasteiger partial charge in [-0.25, -0.2) is 0 Å². The molecule has 30 heavy (non-hydrogen) atoms. The van der Waals surface area contributed by atoms with Crippen molar-refractivity contribution in [3.8, 4) is 5.75 Å². The summed E-state index contributed by atoms with van der Waals surface area (Å²) in [6.45, 7) is 0. The van der Waals surface area contributed by atoms with Crippen molar-refractivity contribution >= 4 is 34.0 Å². The minimum absolute atomic E-state index is 0.208. The van der Waals surface area contributed by atoms with Crippen LogP contribution in [0.1, 0.15) is 20.7 Å². The average Bonchev–Trinajstić information content (AvgIpc) is 2.78. The highest BCUT2D eigenvalue weighted by molar-refractivity contribution is 6.13. The summed E-state index contributed by atoms with van der Waals surface area (Å²) in [6.07, 6.45) is 0. The van der Waals surface area contributed by atoms with Crippen LogP contribution in [0.3, 0.4) is 0 Å². The molecular weight excluding hydrogens is 376 g/mol. The van der Waals surface area contributed by atoms with Gasteiger partial charge < -0.3 is 15.4 Å². The number of methoxy groups -OCH3 is 1. The zero-order valence-electron chi connectivity index (χ0n) is 16.4. The SMILES string of the molecule is COc1ccccc1C(=O)Nc1cccc(NC(=O)c2cccc3ccccc23)c1. The Balaban J connectivity index is 1.53. The third-order valence-corrected chi connectivity index (χ3v) is 4.76. The van der Waals surface area contributed by atoms with Crippen molar-refractivity contribution in [3.05, 3.63) is 102 Å². The summed E-state index contributed by atoms with van der Waals surface area (Å²) in [6, 6.07) is 27.4. The van der Waals surface area contributed by atoms with Crippen LogP contribution >= 0.6 is 0 Å². The Morgan fingerprint density at radius 1 is 0.667 bits per heavy atom. The van der Waals surface area contributed by atoms with Gasteiger partial charge in [0.1, 0.15) is 5.75 Å². The van der Waals surface area contributed by atoms with E-state index in [2.05, 4.69) is 10.6 Å². The number of hydrogen-bond acceptors (Lipinski definition) is 3. The van der Waals surface area contributed by atoms with Crippen molar-refractivity contribution in [2.24, 2.45) is 0 Å². The van der Waals surface area contributed by atoms with E-state index in [0.29, 0.717) is 28.3 Å². The van der Waals surface area contributed by atoms with Gasteiger partial charge in [0, 0.05) is 16.9 Å². The van der Waals surface area contributed by atoms with Gasteiger partial charge in [-0.05, 0) is 47.2 Å². The van der Waals surface area contributed by atoms with Gasteiger partial charge >= 0.3 is 0 Å². The summed E-state index contributed by atoms with van der Waals surface area (Å²) in [5, 5.41) is 7.65. The summed E-state index contributed by atoms with van der Waals surface area (Å²) < 4.78 is 5.25. The van der Waals surface area contributed by atoms with Crippen LogP contribution in [0.4, 0.5) is 11.4 Å². The molecule has 0 saturated heterocycles. The first-order valence-corrected chi connectivity index (χ1v) is 9.49. The van der Waals surface area contributed by atoms with Crippen LogP contribution < -0.4 is 15.4 Å². The van der Waals surface area contributed by atoms with Gasteiger partial charge in [-0.3, -0.25) is 9.59 Å². The first-order valence-electron chi connectivity index (χ1n) is 9.49. The number of amides is 2. The molecule has 0 fully saturated rings. The molecule has 0 radical (unpaired) electrons. The number of hydrogen-bond donors (Lipinski definition) is 2. The highest BCUT2D eigenvalue weighted by Gasteiger charge is 2.13. The molecule has 4 aromatic rings. The fourth-order valence-corrected chi connectivity index (χ4v) is 3.33. The molecule has 0 atom stereocenters. The van der Waals surface area contributed by atoms with Crippen LogP contribution in [0.25, 0.3) is 10.8 Å². The summed E-state index contributed by atoms with van der Waals surface area (Å²) in [5.74, 6) is 0.000369. The molecule has 4 rings (SSSR count). The second-order valence-electron chi connectivity index (χ2n) is 6.72. The predicted octanol–water partition coefficient (Wildman–Crippen LogP) is 5.35. The largest absolute Gasteiger partial charge is 0.496 e. The molecule has 0 aromatic heterocycles. The highest BCUT2D eigenvalue weighted by Crippen LogP contribution is 2.23. The van der Waals surface area contributed by atoms with E-state index in [1.807, 2.05) is 36.4 Å². The van der Waals surface area contributed by atoms with E-state index in [9.17, 15) is 9.59 Å². The minimum Gasteiger partial charge on any atom is -0.496 e. The molecule has 0 unspecified atom stereocenters. The minimum atomic E-state index is -0.287. The Morgan fingerprint density at radius 3 is 2.00 bits per heavy atom. The second-order valence-corrected chi connectivity index (χ2v) is 6.72. The summed E-state index contributed by atoms with van der Waals surface area (Å²) in [4.78, 5) is 25.5. The van der Waals surface area contributed by atoms with E-state index in [1.54, 1.807) is 54.6 Å². The molecule has 0 spiro atoms. The van der Waals surface area contributed by atoms with Crippen molar-refractivity contribution in [1.29, 1.82) is 0 Å². The number of fused-ring (bicyclic) bond motifs is 1. The van der Waals surface area contributed by atoms with Gasteiger partial charge in [0.15, 0.2) is 0 Å².